The molecule has 0 radical (unpaired) electrons. The van der Waals surface area contributed by atoms with Gasteiger partial charge in [-0.1, -0.05) is 5.92 Å². The van der Waals surface area contributed by atoms with Gasteiger partial charge in [0.2, 0.25) is 0 Å². The van der Waals surface area contributed by atoms with Crippen LogP contribution in [-0.2, 0) is 0 Å². The minimum atomic E-state index is 0.750. The van der Waals surface area contributed by atoms with Crippen LogP contribution in [0.2, 0.25) is 0 Å². The van der Waals surface area contributed by atoms with Crippen LogP contribution in [0.15, 0.2) is 36.4 Å². The van der Waals surface area contributed by atoms with Gasteiger partial charge in [0, 0.05) is 5.56 Å². The second-order valence-corrected chi connectivity index (χ2v) is 5.44. The number of hydrogen-bond donors (Lipinski definition) is 0. The average Bonchev–Trinajstić information content (AvgIpc) is 2.97. The molecule has 0 amide bonds. The highest BCUT2D eigenvalue weighted by molar-refractivity contribution is 7.21. The minimum Gasteiger partial charge on any atom is -0.497 e. The average molecular weight is 295 g/mol. The Kier molecular flexibility index (Phi) is 3.51. The zero-order valence-electron chi connectivity index (χ0n) is 11.7. The lowest BCUT2D eigenvalue weighted by molar-refractivity contribution is 0.415. The first-order valence-electron chi connectivity index (χ1n) is 6.34. The summed E-state index contributed by atoms with van der Waals surface area (Å²) in [5.74, 6) is 4.25. The van der Waals surface area contributed by atoms with E-state index in [2.05, 4.69) is 10.9 Å². The highest BCUT2D eigenvalue weighted by Crippen LogP contribution is 2.34. The number of ether oxygens (including phenoxy) is 2. The van der Waals surface area contributed by atoms with E-state index in [1.54, 1.807) is 25.6 Å². The lowest BCUT2D eigenvalue weighted by Gasteiger charge is -2.00. The predicted molar refractivity (Wildman–Crippen MR) is 86.1 cm³/mol. The van der Waals surface area contributed by atoms with Crippen molar-refractivity contribution in [2.75, 3.05) is 14.2 Å². The number of aromatic nitrogens is 1. The first-order chi connectivity index (χ1) is 10.2. The zero-order valence-corrected chi connectivity index (χ0v) is 12.5. The molecule has 0 aliphatic carbocycles. The van der Waals surface area contributed by atoms with Gasteiger partial charge in [-0.15, -0.1) is 17.8 Å². The molecule has 0 aliphatic rings. The molecule has 2 aromatic carbocycles. The van der Waals surface area contributed by atoms with Crippen molar-refractivity contribution in [3.8, 4) is 34.4 Å². The molecule has 3 aromatic rings. The van der Waals surface area contributed by atoms with E-state index in [1.807, 2.05) is 36.4 Å². The first kappa shape index (κ1) is 13.5. The summed E-state index contributed by atoms with van der Waals surface area (Å²) >= 11 is 1.60. The number of rotatable bonds is 3. The zero-order chi connectivity index (χ0) is 14.8. The van der Waals surface area contributed by atoms with Gasteiger partial charge in [0.15, 0.2) is 0 Å². The standard InChI is InChI=1S/C17H13NO2S/c1-4-11-9-14(20-3)10-15-16(11)18-17(21-15)12-5-7-13(19-2)8-6-12/h1,5-10H,2-3H3. The Bertz CT molecular complexity index is 828. The molecule has 0 atom stereocenters. The van der Waals surface area contributed by atoms with Gasteiger partial charge in [0.05, 0.1) is 30.0 Å². The molecular formula is C17H13NO2S. The number of methoxy groups -OCH3 is 2. The Labute approximate surface area is 127 Å². The molecule has 0 aliphatic heterocycles. The second kappa shape index (κ2) is 5.47. The molecule has 0 spiro atoms. The highest BCUT2D eigenvalue weighted by Gasteiger charge is 2.11. The number of nitrogens with zero attached hydrogens (tertiary/aromatic N) is 1. The highest BCUT2D eigenvalue weighted by atomic mass is 32.1. The van der Waals surface area contributed by atoms with Crippen molar-refractivity contribution in [2.45, 2.75) is 0 Å². The molecule has 3 rings (SSSR count). The number of fused-ring (bicyclic) bond motifs is 1. The van der Waals surface area contributed by atoms with Gasteiger partial charge in [0.25, 0.3) is 0 Å². The number of thiazole rings is 1. The molecule has 0 bridgehead atoms. The van der Waals surface area contributed by atoms with Gasteiger partial charge in [-0.05, 0) is 36.4 Å². The second-order valence-electron chi connectivity index (χ2n) is 4.41. The lowest BCUT2D eigenvalue weighted by Crippen LogP contribution is -1.85. The van der Waals surface area contributed by atoms with Crippen LogP contribution in [0.4, 0.5) is 0 Å². The van der Waals surface area contributed by atoms with Gasteiger partial charge in [-0.25, -0.2) is 4.98 Å². The normalized spacial score (nSPS) is 10.3. The maximum absolute atomic E-state index is 5.57. The van der Waals surface area contributed by atoms with Gasteiger partial charge >= 0.3 is 0 Å². The van der Waals surface area contributed by atoms with Crippen molar-refractivity contribution in [3.63, 3.8) is 0 Å². The number of terminal acetylenes is 1. The quantitative estimate of drug-likeness (QED) is 0.685. The first-order valence-corrected chi connectivity index (χ1v) is 7.16. The summed E-state index contributed by atoms with van der Waals surface area (Å²) in [6.07, 6.45) is 5.57. The molecule has 21 heavy (non-hydrogen) atoms. The largest absolute Gasteiger partial charge is 0.497 e. The van der Waals surface area contributed by atoms with Crippen molar-refractivity contribution in [1.82, 2.24) is 4.98 Å². The van der Waals surface area contributed by atoms with E-state index in [0.717, 1.165) is 37.9 Å². The van der Waals surface area contributed by atoms with Crippen LogP contribution in [0.3, 0.4) is 0 Å². The topological polar surface area (TPSA) is 31.4 Å². The maximum Gasteiger partial charge on any atom is 0.124 e. The van der Waals surface area contributed by atoms with Crippen LogP contribution in [0.1, 0.15) is 5.56 Å². The molecule has 1 heterocycles. The summed E-state index contributed by atoms with van der Waals surface area (Å²) < 4.78 is 11.5. The number of benzene rings is 2. The molecule has 0 fully saturated rings. The van der Waals surface area contributed by atoms with Crippen molar-refractivity contribution in [3.05, 3.63) is 42.0 Å². The Balaban J connectivity index is 2.14. The van der Waals surface area contributed by atoms with E-state index in [-0.39, 0.29) is 0 Å². The fourth-order valence-corrected chi connectivity index (χ4v) is 3.12. The predicted octanol–water partition coefficient (Wildman–Crippen LogP) is 3.96. The van der Waals surface area contributed by atoms with Crippen LogP contribution in [-0.4, -0.2) is 19.2 Å². The summed E-state index contributed by atoms with van der Waals surface area (Å²) in [7, 11) is 3.28. The summed E-state index contributed by atoms with van der Waals surface area (Å²) in [5.41, 5.74) is 2.63. The molecule has 3 nitrogen and oxygen atoms in total. The van der Waals surface area contributed by atoms with E-state index in [0.29, 0.717) is 0 Å². The third-order valence-corrected chi connectivity index (χ3v) is 4.25. The molecule has 0 saturated heterocycles. The fourth-order valence-electron chi connectivity index (χ4n) is 2.09. The maximum atomic E-state index is 5.57. The Morgan fingerprint density at radius 1 is 1.05 bits per heavy atom. The summed E-state index contributed by atoms with van der Waals surface area (Å²) in [6.45, 7) is 0. The van der Waals surface area contributed by atoms with Gasteiger partial charge in [-0.3, -0.25) is 0 Å². The third-order valence-electron chi connectivity index (χ3n) is 3.20. The Morgan fingerprint density at radius 2 is 1.76 bits per heavy atom. The monoisotopic (exact) mass is 295 g/mol. The molecule has 0 saturated carbocycles. The van der Waals surface area contributed by atoms with Crippen molar-refractivity contribution >= 4 is 21.6 Å². The Morgan fingerprint density at radius 3 is 2.38 bits per heavy atom. The van der Waals surface area contributed by atoms with Crippen LogP contribution in [0.5, 0.6) is 11.5 Å². The van der Waals surface area contributed by atoms with Gasteiger partial charge in [-0.2, -0.15) is 0 Å². The summed E-state index contributed by atoms with van der Waals surface area (Å²) in [5, 5.41) is 0.928. The SMILES string of the molecule is C#Cc1cc(OC)cc2sc(-c3ccc(OC)cc3)nc12. The number of hydrogen-bond acceptors (Lipinski definition) is 4. The fraction of sp³-hybridized carbons (Fsp3) is 0.118. The van der Waals surface area contributed by atoms with Crippen LogP contribution in [0, 0.1) is 12.3 Å². The van der Waals surface area contributed by atoms with E-state index in [9.17, 15) is 0 Å². The van der Waals surface area contributed by atoms with Crippen LogP contribution in [0.25, 0.3) is 20.8 Å². The lowest BCUT2D eigenvalue weighted by atomic mass is 10.2. The molecule has 0 N–H and O–H groups in total. The summed E-state index contributed by atoms with van der Waals surface area (Å²) in [6, 6.07) is 11.6. The molecule has 104 valence electrons. The van der Waals surface area contributed by atoms with E-state index < -0.39 is 0 Å². The van der Waals surface area contributed by atoms with Crippen molar-refractivity contribution in [2.24, 2.45) is 0 Å². The Hall–Kier alpha value is -2.51. The molecular weight excluding hydrogens is 282 g/mol. The van der Waals surface area contributed by atoms with E-state index in [4.69, 9.17) is 15.9 Å². The van der Waals surface area contributed by atoms with Gasteiger partial charge in [0.1, 0.15) is 16.5 Å². The van der Waals surface area contributed by atoms with E-state index in [1.165, 1.54) is 0 Å². The van der Waals surface area contributed by atoms with Crippen LogP contribution >= 0.6 is 11.3 Å². The minimum absolute atomic E-state index is 0.750. The van der Waals surface area contributed by atoms with Crippen molar-refractivity contribution < 1.29 is 9.47 Å². The third kappa shape index (κ3) is 2.44. The van der Waals surface area contributed by atoms with E-state index >= 15 is 0 Å². The molecule has 4 heteroatoms. The summed E-state index contributed by atoms with van der Waals surface area (Å²) in [4.78, 5) is 4.66. The van der Waals surface area contributed by atoms with Gasteiger partial charge < -0.3 is 9.47 Å². The molecule has 1 aromatic heterocycles. The van der Waals surface area contributed by atoms with Crippen molar-refractivity contribution in [1.29, 1.82) is 0 Å². The smallest absolute Gasteiger partial charge is 0.124 e. The van der Waals surface area contributed by atoms with Crippen LogP contribution < -0.4 is 9.47 Å². The molecule has 0 unspecified atom stereocenters.